The van der Waals surface area contributed by atoms with Gasteiger partial charge in [-0.05, 0) is 36.2 Å². The number of fused-ring (bicyclic) bond motifs is 3. The van der Waals surface area contributed by atoms with Crippen molar-refractivity contribution >= 4 is 33.4 Å². The zero-order valence-corrected chi connectivity index (χ0v) is 14.5. The second-order valence-electron chi connectivity index (χ2n) is 6.59. The molecule has 0 bridgehead atoms. The maximum atomic E-state index is 12.4. The van der Waals surface area contributed by atoms with Crippen molar-refractivity contribution in [1.29, 1.82) is 0 Å². The molecule has 0 fully saturated rings. The molecule has 0 aliphatic rings. The van der Waals surface area contributed by atoms with Crippen LogP contribution in [0.2, 0.25) is 0 Å². The number of aromatic amines is 1. The van der Waals surface area contributed by atoms with Gasteiger partial charge in [0.1, 0.15) is 0 Å². The molecule has 4 rings (SSSR count). The number of aliphatic hydroxyl groups is 1. The van der Waals surface area contributed by atoms with E-state index in [-0.39, 0.29) is 18.9 Å². The third-order valence-corrected chi connectivity index (χ3v) is 4.65. The number of amides is 1. The van der Waals surface area contributed by atoms with Gasteiger partial charge in [-0.15, -0.1) is 0 Å². The van der Waals surface area contributed by atoms with Gasteiger partial charge in [0.15, 0.2) is 0 Å². The van der Waals surface area contributed by atoms with Crippen molar-refractivity contribution in [2.24, 2.45) is 0 Å². The molecule has 4 heteroatoms. The Morgan fingerprint density at radius 3 is 2.54 bits per heavy atom. The van der Waals surface area contributed by atoms with Crippen molar-refractivity contribution in [2.75, 3.05) is 5.32 Å². The zero-order valence-electron chi connectivity index (χ0n) is 14.5. The number of aryl methyl sites for hydroxylation is 1. The number of rotatable bonds is 4. The largest absolute Gasteiger partial charge is 0.392 e. The Bertz CT molecular complexity index is 1110. The van der Waals surface area contributed by atoms with E-state index in [0.717, 1.165) is 22.0 Å². The number of aromatic nitrogens is 1. The van der Waals surface area contributed by atoms with Crippen LogP contribution in [0.1, 0.15) is 16.7 Å². The lowest BCUT2D eigenvalue weighted by atomic mass is 10.1. The first kappa shape index (κ1) is 16.4. The summed E-state index contributed by atoms with van der Waals surface area (Å²) >= 11 is 0. The van der Waals surface area contributed by atoms with Gasteiger partial charge in [-0.25, -0.2) is 0 Å². The van der Waals surface area contributed by atoms with Gasteiger partial charge in [0.05, 0.1) is 13.0 Å². The van der Waals surface area contributed by atoms with Crippen LogP contribution in [0.4, 0.5) is 5.69 Å². The van der Waals surface area contributed by atoms with Crippen LogP contribution in [-0.2, 0) is 17.8 Å². The van der Waals surface area contributed by atoms with Gasteiger partial charge >= 0.3 is 0 Å². The van der Waals surface area contributed by atoms with Crippen LogP contribution in [0.15, 0.2) is 60.7 Å². The van der Waals surface area contributed by atoms with Gasteiger partial charge in [0, 0.05) is 33.1 Å². The lowest BCUT2D eigenvalue weighted by Gasteiger charge is -2.09. The van der Waals surface area contributed by atoms with Crippen molar-refractivity contribution in [3.63, 3.8) is 0 Å². The molecule has 3 aromatic carbocycles. The average Bonchev–Trinajstić information content (AvgIpc) is 2.98. The number of H-pyrrole nitrogens is 1. The number of nitrogens with one attached hydrogen (secondary N) is 2. The number of para-hydroxylation sites is 1. The van der Waals surface area contributed by atoms with Crippen LogP contribution in [-0.4, -0.2) is 16.0 Å². The van der Waals surface area contributed by atoms with E-state index in [1.54, 1.807) is 12.1 Å². The van der Waals surface area contributed by atoms with E-state index in [1.807, 2.05) is 24.3 Å². The van der Waals surface area contributed by atoms with Gasteiger partial charge in [0.2, 0.25) is 5.91 Å². The van der Waals surface area contributed by atoms with Crippen molar-refractivity contribution in [2.45, 2.75) is 20.0 Å². The summed E-state index contributed by atoms with van der Waals surface area (Å²) in [6.07, 6.45) is 0.282. The van der Waals surface area contributed by atoms with Gasteiger partial charge in [0.25, 0.3) is 0 Å². The van der Waals surface area contributed by atoms with Crippen molar-refractivity contribution in [3.05, 3.63) is 77.4 Å². The first-order valence-corrected chi connectivity index (χ1v) is 8.63. The number of hydrogen-bond donors (Lipinski definition) is 3. The summed E-state index contributed by atoms with van der Waals surface area (Å²) in [4.78, 5) is 15.8. The van der Waals surface area contributed by atoms with Crippen molar-refractivity contribution in [1.82, 2.24) is 4.98 Å². The van der Waals surface area contributed by atoms with Crippen molar-refractivity contribution < 1.29 is 9.90 Å². The SMILES string of the molecule is Cc1ccc2c(c1)[nH]c1cc(CC(=O)Nc3ccccc3CO)ccc12. The van der Waals surface area contributed by atoms with Crippen LogP contribution in [0.3, 0.4) is 0 Å². The predicted octanol–water partition coefficient (Wildman–Crippen LogP) is 4.30. The van der Waals surface area contributed by atoms with Crippen molar-refractivity contribution in [3.8, 4) is 0 Å². The highest BCUT2D eigenvalue weighted by molar-refractivity contribution is 6.07. The minimum atomic E-state index is -0.100. The fraction of sp³-hybridized carbons (Fsp3) is 0.136. The van der Waals surface area contributed by atoms with Crippen LogP contribution in [0, 0.1) is 6.92 Å². The third kappa shape index (κ3) is 3.07. The maximum Gasteiger partial charge on any atom is 0.228 e. The Morgan fingerprint density at radius 2 is 1.73 bits per heavy atom. The number of carbonyl (C=O) groups is 1. The van der Waals surface area contributed by atoms with E-state index in [4.69, 9.17) is 0 Å². The molecule has 1 aromatic heterocycles. The Balaban J connectivity index is 1.58. The summed E-state index contributed by atoms with van der Waals surface area (Å²) in [5.74, 6) is -0.0998. The third-order valence-electron chi connectivity index (χ3n) is 4.65. The molecule has 0 atom stereocenters. The van der Waals surface area contributed by atoms with E-state index in [2.05, 4.69) is 41.5 Å². The second kappa shape index (κ2) is 6.65. The molecular formula is C22H20N2O2. The maximum absolute atomic E-state index is 12.4. The van der Waals surface area contributed by atoms with Gasteiger partial charge < -0.3 is 15.4 Å². The molecule has 1 amide bonds. The lowest BCUT2D eigenvalue weighted by Crippen LogP contribution is -2.15. The molecule has 130 valence electrons. The Labute approximate surface area is 151 Å². The van der Waals surface area contributed by atoms with Gasteiger partial charge in [-0.2, -0.15) is 0 Å². The van der Waals surface area contributed by atoms with E-state index in [1.165, 1.54) is 10.9 Å². The highest BCUT2D eigenvalue weighted by Crippen LogP contribution is 2.27. The molecule has 4 nitrogen and oxygen atoms in total. The summed E-state index contributed by atoms with van der Waals surface area (Å²) in [7, 11) is 0. The minimum Gasteiger partial charge on any atom is -0.392 e. The van der Waals surface area contributed by atoms with Gasteiger partial charge in [-0.1, -0.05) is 42.5 Å². The Kier molecular flexibility index (Phi) is 4.19. The van der Waals surface area contributed by atoms with E-state index < -0.39 is 0 Å². The summed E-state index contributed by atoms with van der Waals surface area (Å²) in [5.41, 5.74) is 5.67. The normalized spacial score (nSPS) is 11.2. The molecule has 3 N–H and O–H groups in total. The molecule has 26 heavy (non-hydrogen) atoms. The van der Waals surface area contributed by atoms with E-state index in [0.29, 0.717) is 11.3 Å². The number of aliphatic hydroxyl groups excluding tert-OH is 1. The molecular weight excluding hydrogens is 324 g/mol. The molecule has 0 unspecified atom stereocenters. The van der Waals surface area contributed by atoms with Crippen LogP contribution < -0.4 is 5.32 Å². The molecule has 0 radical (unpaired) electrons. The molecule has 4 aromatic rings. The summed E-state index contributed by atoms with van der Waals surface area (Å²) in [6, 6.07) is 19.7. The molecule has 0 aliphatic heterocycles. The highest BCUT2D eigenvalue weighted by Gasteiger charge is 2.10. The molecule has 0 spiro atoms. The second-order valence-corrected chi connectivity index (χ2v) is 6.59. The first-order valence-electron chi connectivity index (χ1n) is 8.63. The number of benzene rings is 3. The fourth-order valence-corrected chi connectivity index (χ4v) is 3.34. The summed E-state index contributed by atoms with van der Waals surface area (Å²) in [5, 5.41) is 14.6. The number of carbonyl (C=O) groups excluding carboxylic acids is 1. The molecule has 0 saturated carbocycles. The standard InChI is InChI=1S/C22H20N2O2/c1-14-6-8-17-18-9-7-15(11-21(18)23-20(17)10-14)12-22(26)24-19-5-3-2-4-16(19)13-25/h2-11,23,25H,12-13H2,1H3,(H,24,26). The quantitative estimate of drug-likeness (QED) is 0.517. The smallest absolute Gasteiger partial charge is 0.228 e. The van der Waals surface area contributed by atoms with E-state index in [9.17, 15) is 9.90 Å². The monoisotopic (exact) mass is 344 g/mol. The first-order chi connectivity index (χ1) is 12.6. The number of anilines is 1. The molecule has 0 aliphatic carbocycles. The predicted molar refractivity (Wildman–Crippen MR) is 105 cm³/mol. The zero-order chi connectivity index (χ0) is 18.1. The summed E-state index contributed by atoms with van der Waals surface area (Å²) in [6.45, 7) is 1.97. The minimum absolute atomic E-state index is 0.0998. The Hall–Kier alpha value is -3.11. The molecule has 0 saturated heterocycles. The Morgan fingerprint density at radius 1 is 1.00 bits per heavy atom. The highest BCUT2D eigenvalue weighted by atomic mass is 16.3. The van der Waals surface area contributed by atoms with Gasteiger partial charge in [-0.3, -0.25) is 4.79 Å². The topological polar surface area (TPSA) is 65.1 Å². The van der Waals surface area contributed by atoms with E-state index >= 15 is 0 Å². The summed E-state index contributed by atoms with van der Waals surface area (Å²) < 4.78 is 0. The molecule has 1 heterocycles. The average molecular weight is 344 g/mol. The van der Waals surface area contributed by atoms with Crippen LogP contribution >= 0.6 is 0 Å². The van der Waals surface area contributed by atoms with Crippen LogP contribution in [0.5, 0.6) is 0 Å². The lowest BCUT2D eigenvalue weighted by molar-refractivity contribution is -0.115. The number of hydrogen-bond acceptors (Lipinski definition) is 2. The van der Waals surface area contributed by atoms with Crippen LogP contribution in [0.25, 0.3) is 21.8 Å². The fourth-order valence-electron chi connectivity index (χ4n) is 3.34.